The largest absolute Gasteiger partial charge is 0.469 e. The van der Waals surface area contributed by atoms with Crippen molar-refractivity contribution in [2.45, 2.75) is 24.3 Å². The Bertz CT molecular complexity index is 734. The summed E-state index contributed by atoms with van der Waals surface area (Å²) in [6.45, 7) is 0. The van der Waals surface area contributed by atoms with Gasteiger partial charge in [-0.05, 0) is 7.05 Å². The van der Waals surface area contributed by atoms with E-state index in [9.17, 15) is 15.0 Å². The van der Waals surface area contributed by atoms with E-state index in [0.29, 0.717) is 11.2 Å². The van der Waals surface area contributed by atoms with Gasteiger partial charge >= 0.3 is 5.97 Å². The third kappa shape index (κ3) is 2.22. The van der Waals surface area contributed by atoms with Crippen LogP contribution in [0.2, 0.25) is 0 Å². The maximum atomic E-state index is 12.0. The molecule has 3 rings (SSSR count). The Labute approximate surface area is 131 Å². The van der Waals surface area contributed by atoms with Gasteiger partial charge in [0.25, 0.3) is 0 Å². The molecular weight excluding hydrogens is 304 g/mol. The zero-order valence-corrected chi connectivity index (χ0v) is 12.6. The lowest BCUT2D eigenvalue weighted by Crippen LogP contribution is -2.42. The van der Waals surface area contributed by atoms with Crippen LogP contribution in [0.4, 0.5) is 5.82 Å². The van der Waals surface area contributed by atoms with Gasteiger partial charge < -0.3 is 30.6 Å². The van der Waals surface area contributed by atoms with E-state index in [1.807, 2.05) is 0 Å². The number of fused-ring (bicyclic) bond motifs is 1. The number of aromatic nitrogens is 4. The van der Waals surface area contributed by atoms with Crippen LogP contribution < -0.4 is 11.1 Å². The first-order valence-corrected chi connectivity index (χ1v) is 7.05. The molecule has 2 aromatic rings. The summed E-state index contributed by atoms with van der Waals surface area (Å²) >= 11 is 0. The van der Waals surface area contributed by atoms with Crippen molar-refractivity contribution in [1.29, 1.82) is 0 Å². The van der Waals surface area contributed by atoms with Crippen LogP contribution in [-0.4, -0.2) is 68.1 Å². The van der Waals surface area contributed by atoms with Crippen LogP contribution >= 0.6 is 0 Å². The molecule has 0 aromatic carbocycles. The number of hydrogen-bond acceptors (Lipinski definition) is 9. The molecule has 2 heterocycles. The molecule has 1 aliphatic carbocycles. The van der Waals surface area contributed by atoms with Crippen molar-refractivity contribution in [1.82, 2.24) is 24.8 Å². The molecule has 0 bridgehead atoms. The smallest absolute Gasteiger partial charge is 0.313 e. The van der Waals surface area contributed by atoms with Crippen molar-refractivity contribution in [2.24, 2.45) is 5.92 Å². The number of ether oxygens (including phenoxy) is 1. The first-order chi connectivity index (χ1) is 11.0. The van der Waals surface area contributed by atoms with Gasteiger partial charge in [0, 0.05) is 6.04 Å². The van der Waals surface area contributed by atoms with Gasteiger partial charge in [0.15, 0.2) is 11.5 Å². The summed E-state index contributed by atoms with van der Waals surface area (Å²) in [5, 5.41) is 23.7. The summed E-state index contributed by atoms with van der Waals surface area (Å²) in [4.78, 5) is 24.1. The minimum absolute atomic E-state index is 0.215. The number of esters is 1. The van der Waals surface area contributed by atoms with Gasteiger partial charge in [0.05, 0.1) is 25.6 Å². The van der Waals surface area contributed by atoms with E-state index in [4.69, 9.17) is 10.5 Å². The van der Waals surface area contributed by atoms with Crippen LogP contribution in [0.15, 0.2) is 12.7 Å². The number of aliphatic hydroxyl groups is 2. The number of nitrogens with one attached hydrogen (secondary N) is 1. The predicted molar refractivity (Wildman–Crippen MR) is 79.1 cm³/mol. The van der Waals surface area contributed by atoms with E-state index in [1.54, 1.807) is 11.6 Å². The fourth-order valence-corrected chi connectivity index (χ4v) is 3.25. The molecule has 1 fully saturated rings. The van der Waals surface area contributed by atoms with Crippen molar-refractivity contribution >= 4 is 23.0 Å². The van der Waals surface area contributed by atoms with Gasteiger partial charge in [-0.1, -0.05) is 0 Å². The van der Waals surface area contributed by atoms with E-state index >= 15 is 0 Å². The second-order valence-corrected chi connectivity index (χ2v) is 5.42. The molecule has 1 aliphatic rings. The van der Waals surface area contributed by atoms with Crippen LogP contribution in [0.1, 0.15) is 6.04 Å². The molecule has 0 radical (unpaired) electrons. The summed E-state index contributed by atoms with van der Waals surface area (Å²) in [7, 11) is 2.88. The Morgan fingerprint density at radius 2 is 2.09 bits per heavy atom. The molecule has 2 aromatic heterocycles. The number of carbonyl (C=O) groups is 1. The molecule has 0 spiro atoms. The van der Waals surface area contributed by atoms with Crippen LogP contribution in [-0.2, 0) is 9.53 Å². The minimum atomic E-state index is -1.28. The molecule has 0 amide bonds. The number of nitrogens with two attached hydrogens (primary N) is 1. The lowest BCUT2D eigenvalue weighted by Gasteiger charge is -2.24. The molecule has 0 saturated heterocycles. The fraction of sp³-hybridized carbons (Fsp3) is 0.538. The Balaban J connectivity index is 2.10. The van der Waals surface area contributed by atoms with E-state index in [1.165, 1.54) is 19.8 Å². The molecule has 1 saturated carbocycles. The Morgan fingerprint density at radius 3 is 2.74 bits per heavy atom. The van der Waals surface area contributed by atoms with Gasteiger partial charge in [-0.25, -0.2) is 15.0 Å². The van der Waals surface area contributed by atoms with Crippen LogP contribution in [0.5, 0.6) is 0 Å². The molecular formula is C13H18N6O4. The number of rotatable bonds is 3. The lowest BCUT2D eigenvalue weighted by molar-refractivity contribution is -0.150. The van der Waals surface area contributed by atoms with Crippen molar-refractivity contribution in [3.63, 3.8) is 0 Å². The van der Waals surface area contributed by atoms with E-state index in [2.05, 4.69) is 20.3 Å². The Hall–Kier alpha value is -2.30. The number of methoxy groups -OCH3 is 1. The highest BCUT2D eigenvalue weighted by molar-refractivity contribution is 5.81. The first-order valence-electron chi connectivity index (χ1n) is 7.05. The van der Waals surface area contributed by atoms with Crippen molar-refractivity contribution in [3.05, 3.63) is 12.7 Å². The fourth-order valence-electron chi connectivity index (χ4n) is 3.25. The van der Waals surface area contributed by atoms with Crippen molar-refractivity contribution < 1.29 is 19.7 Å². The van der Waals surface area contributed by atoms with Crippen molar-refractivity contribution in [3.8, 4) is 0 Å². The average Bonchev–Trinajstić information content (AvgIpc) is 3.07. The monoisotopic (exact) mass is 322 g/mol. The molecule has 10 heteroatoms. The highest BCUT2D eigenvalue weighted by atomic mass is 16.5. The summed E-state index contributed by atoms with van der Waals surface area (Å²) < 4.78 is 6.33. The van der Waals surface area contributed by atoms with Crippen molar-refractivity contribution in [2.75, 3.05) is 19.9 Å². The highest BCUT2D eigenvalue weighted by Crippen LogP contribution is 2.38. The number of likely N-dealkylation sites (N-methyl/N-ethyl adjacent to an activating group) is 1. The lowest BCUT2D eigenvalue weighted by atomic mass is 10.0. The summed E-state index contributed by atoms with van der Waals surface area (Å²) in [5.74, 6) is -1.30. The normalized spacial score (nSPS) is 30.7. The quantitative estimate of drug-likeness (QED) is 0.473. The SMILES string of the molecule is CN[C@H]1[C@H](C(=O)OC)[C@@H](O)[C@@H](O)[C@@H]1n1cnc2c(N)ncnc21. The molecule has 0 unspecified atom stereocenters. The van der Waals surface area contributed by atoms with E-state index in [-0.39, 0.29) is 5.82 Å². The summed E-state index contributed by atoms with van der Waals surface area (Å²) in [5.41, 5.74) is 6.58. The third-order valence-corrected chi connectivity index (χ3v) is 4.34. The Morgan fingerprint density at radius 1 is 1.35 bits per heavy atom. The van der Waals surface area contributed by atoms with Crippen LogP contribution in [0.25, 0.3) is 11.2 Å². The maximum Gasteiger partial charge on any atom is 0.313 e. The summed E-state index contributed by atoms with van der Waals surface area (Å²) in [6.07, 6.45) is 0.270. The van der Waals surface area contributed by atoms with Gasteiger partial charge in [0.1, 0.15) is 23.9 Å². The number of hydrogen-bond donors (Lipinski definition) is 4. The molecule has 5 N–H and O–H groups in total. The van der Waals surface area contributed by atoms with Crippen LogP contribution in [0, 0.1) is 5.92 Å². The number of carbonyl (C=O) groups excluding carboxylic acids is 1. The van der Waals surface area contributed by atoms with E-state index in [0.717, 1.165) is 0 Å². The maximum absolute atomic E-state index is 12.0. The molecule has 5 atom stereocenters. The number of imidazole rings is 1. The second-order valence-electron chi connectivity index (χ2n) is 5.42. The number of nitrogens with zero attached hydrogens (tertiary/aromatic N) is 4. The molecule has 10 nitrogen and oxygen atoms in total. The average molecular weight is 322 g/mol. The van der Waals surface area contributed by atoms with Gasteiger partial charge in [0.2, 0.25) is 0 Å². The van der Waals surface area contributed by atoms with Gasteiger partial charge in [-0.2, -0.15) is 0 Å². The third-order valence-electron chi connectivity index (χ3n) is 4.34. The van der Waals surface area contributed by atoms with E-state index < -0.39 is 36.2 Å². The number of anilines is 1. The number of nitrogen functional groups attached to an aromatic ring is 1. The minimum Gasteiger partial charge on any atom is -0.469 e. The summed E-state index contributed by atoms with van der Waals surface area (Å²) in [6, 6.07) is -1.24. The Kier molecular flexibility index (Phi) is 3.88. The topological polar surface area (TPSA) is 148 Å². The molecule has 0 aliphatic heterocycles. The zero-order valence-electron chi connectivity index (χ0n) is 12.6. The predicted octanol–water partition coefficient (Wildman–Crippen LogP) is -1.94. The first kappa shape index (κ1) is 15.6. The zero-order chi connectivity index (χ0) is 16.7. The second kappa shape index (κ2) is 5.72. The standard InChI is InChI=1S/C13H18N6O4/c1-15-6-5(13(22)23-2)9(20)10(21)8(6)19-4-18-7-11(14)16-3-17-12(7)19/h3-6,8-10,15,20-21H,1-2H3,(H2,14,16,17)/t5-,6-,8+,9+,10-/m0/s1. The van der Waals surface area contributed by atoms with Gasteiger partial charge in [-0.3, -0.25) is 4.79 Å². The number of aliphatic hydroxyl groups excluding tert-OH is 2. The molecule has 23 heavy (non-hydrogen) atoms. The van der Waals surface area contributed by atoms with Gasteiger partial charge in [-0.15, -0.1) is 0 Å². The van der Waals surface area contributed by atoms with Crippen LogP contribution in [0.3, 0.4) is 0 Å². The molecule has 124 valence electrons. The highest BCUT2D eigenvalue weighted by Gasteiger charge is 2.54.